The highest BCUT2D eigenvalue weighted by Crippen LogP contribution is 2.25. The first kappa shape index (κ1) is 21.4. The van der Waals surface area contributed by atoms with Crippen molar-refractivity contribution in [1.29, 1.82) is 0 Å². The number of nitrogens with one attached hydrogen (secondary N) is 1. The van der Waals surface area contributed by atoms with E-state index in [0.29, 0.717) is 37.7 Å². The average Bonchev–Trinajstić information content (AvgIpc) is 3.08. The van der Waals surface area contributed by atoms with Crippen LogP contribution in [0.1, 0.15) is 36.7 Å². The average molecular weight is 409 g/mol. The molecule has 0 radical (unpaired) electrons. The molecule has 2 heterocycles. The minimum Gasteiger partial charge on any atom is -0.494 e. The van der Waals surface area contributed by atoms with Crippen molar-refractivity contribution in [2.24, 2.45) is 0 Å². The predicted octanol–water partition coefficient (Wildman–Crippen LogP) is 4.18. The van der Waals surface area contributed by atoms with Gasteiger partial charge in [0.25, 0.3) is 0 Å². The molecule has 1 amide bonds. The fraction of sp³-hybridized carbons (Fsp3) is 0.348. The number of hydrogen-bond donors (Lipinski definition) is 1. The molecule has 0 bridgehead atoms. The summed E-state index contributed by atoms with van der Waals surface area (Å²) in [6.07, 6.45) is 2.99. The molecule has 0 aliphatic rings. The van der Waals surface area contributed by atoms with Crippen LogP contribution in [0.2, 0.25) is 0 Å². The Morgan fingerprint density at radius 2 is 1.90 bits per heavy atom. The minimum atomic E-state index is -0.0465. The number of aromatic nitrogens is 3. The van der Waals surface area contributed by atoms with Crippen molar-refractivity contribution in [1.82, 2.24) is 20.1 Å². The summed E-state index contributed by atoms with van der Waals surface area (Å²) in [5, 5.41) is 7.32. The van der Waals surface area contributed by atoms with Crippen molar-refractivity contribution in [2.45, 2.75) is 46.7 Å². The molecule has 3 rings (SSSR count). The number of benzene rings is 1. The molecule has 0 fully saturated rings. The van der Waals surface area contributed by atoms with Gasteiger partial charge in [-0.25, -0.2) is 4.98 Å². The van der Waals surface area contributed by atoms with E-state index in [-0.39, 0.29) is 5.91 Å². The van der Waals surface area contributed by atoms with Gasteiger partial charge < -0.3 is 14.8 Å². The van der Waals surface area contributed by atoms with Gasteiger partial charge in [0.2, 0.25) is 11.8 Å². The number of carbonyl (C=O) groups is 1. The largest absolute Gasteiger partial charge is 0.494 e. The Balaban J connectivity index is 1.54. The summed E-state index contributed by atoms with van der Waals surface area (Å²) in [7, 11) is 0. The summed E-state index contributed by atoms with van der Waals surface area (Å²) in [6.45, 7) is 7.58. The summed E-state index contributed by atoms with van der Waals surface area (Å²) >= 11 is 0. The molecule has 30 heavy (non-hydrogen) atoms. The van der Waals surface area contributed by atoms with Crippen molar-refractivity contribution in [2.75, 3.05) is 6.61 Å². The number of nitrogens with zero attached hydrogens (tertiary/aromatic N) is 3. The van der Waals surface area contributed by atoms with Gasteiger partial charge in [-0.1, -0.05) is 13.0 Å². The quantitative estimate of drug-likeness (QED) is 0.544. The van der Waals surface area contributed by atoms with Crippen LogP contribution in [0.4, 0.5) is 0 Å². The Hall–Kier alpha value is -3.35. The molecule has 2 aromatic heterocycles. The maximum atomic E-state index is 12.3. The third kappa shape index (κ3) is 6.07. The minimum absolute atomic E-state index is 0.0465. The molecule has 1 aromatic carbocycles. The van der Waals surface area contributed by atoms with Gasteiger partial charge in [-0.05, 0) is 56.7 Å². The third-order valence-corrected chi connectivity index (χ3v) is 4.49. The Morgan fingerprint density at radius 1 is 1.13 bits per heavy atom. The van der Waals surface area contributed by atoms with Gasteiger partial charge in [-0.2, -0.15) is 5.10 Å². The molecule has 0 aliphatic heterocycles. The lowest BCUT2D eigenvalue weighted by Gasteiger charge is -2.12. The van der Waals surface area contributed by atoms with E-state index in [1.165, 1.54) is 0 Å². The van der Waals surface area contributed by atoms with Crippen molar-refractivity contribution in [3.05, 3.63) is 65.6 Å². The second-order valence-electron chi connectivity index (χ2n) is 7.07. The molecule has 7 nitrogen and oxygen atoms in total. The summed E-state index contributed by atoms with van der Waals surface area (Å²) < 4.78 is 13.4. The molecule has 0 saturated heterocycles. The van der Waals surface area contributed by atoms with Crippen molar-refractivity contribution in [3.8, 4) is 17.4 Å². The Kier molecular flexibility index (Phi) is 7.43. The molecule has 0 atom stereocenters. The van der Waals surface area contributed by atoms with E-state index >= 15 is 0 Å². The van der Waals surface area contributed by atoms with Crippen LogP contribution in [-0.4, -0.2) is 27.3 Å². The Labute approximate surface area is 177 Å². The van der Waals surface area contributed by atoms with Crippen molar-refractivity contribution >= 4 is 5.91 Å². The van der Waals surface area contributed by atoms with Gasteiger partial charge in [0.15, 0.2) is 0 Å². The molecule has 0 aliphatic carbocycles. The predicted molar refractivity (Wildman–Crippen MR) is 115 cm³/mol. The lowest BCUT2D eigenvalue weighted by molar-refractivity contribution is -0.121. The maximum Gasteiger partial charge on any atom is 0.224 e. The number of ether oxygens (including phenoxy) is 2. The summed E-state index contributed by atoms with van der Waals surface area (Å²) in [5.74, 6) is 1.89. The van der Waals surface area contributed by atoms with Crippen LogP contribution in [0.5, 0.6) is 17.4 Å². The first-order valence-corrected chi connectivity index (χ1v) is 10.2. The van der Waals surface area contributed by atoms with Crippen LogP contribution in [0, 0.1) is 13.8 Å². The SMILES string of the molecule is CCCOc1ccc(Oc2ncccc2CNC(=O)CCn2nc(C)cc2C)cc1. The van der Waals surface area contributed by atoms with E-state index in [1.54, 1.807) is 6.20 Å². The fourth-order valence-corrected chi connectivity index (χ4v) is 2.98. The smallest absolute Gasteiger partial charge is 0.224 e. The van der Waals surface area contributed by atoms with Gasteiger partial charge in [0.1, 0.15) is 11.5 Å². The number of rotatable bonds is 10. The number of carbonyl (C=O) groups excluding carboxylic acids is 1. The van der Waals surface area contributed by atoms with E-state index in [9.17, 15) is 4.79 Å². The molecule has 1 N–H and O–H groups in total. The molecule has 0 unspecified atom stereocenters. The zero-order valence-electron chi connectivity index (χ0n) is 17.7. The number of pyridine rings is 1. The topological polar surface area (TPSA) is 78.3 Å². The first-order valence-electron chi connectivity index (χ1n) is 10.2. The third-order valence-electron chi connectivity index (χ3n) is 4.49. The number of amides is 1. The fourth-order valence-electron chi connectivity index (χ4n) is 2.98. The molecule has 7 heteroatoms. The lowest BCUT2D eigenvalue weighted by Crippen LogP contribution is -2.24. The van der Waals surface area contributed by atoms with E-state index in [1.807, 2.05) is 61.0 Å². The standard InChI is InChI=1S/C23H28N4O3/c1-4-14-29-20-7-9-21(10-8-20)30-23-19(6-5-12-24-23)16-25-22(28)11-13-27-18(3)15-17(2)26-27/h5-10,12,15H,4,11,13-14,16H2,1-3H3,(H,25,28). The van der Waals surface area contributed by atoms with E-state index in [2.05, 4.69) is 22.3 Å². The molecular weight excluding hydrogens is 380 g/mol. The van der Waals surface area contributed by atoms with Crippen LogP contribution in [0.15, 0.2) is 48.7 Å². The summed E-state index contributed by atoms with van der Waals surface area (Å²) in [6, 6.07) is 13.1. The molecule has 3 aromatic rings. The van der Waals surface area contributed by atoms with Gasteiger partial charge in [-0.3, -0.25) is 9.48 Å². The van der Waals surface area contributed by atoms with Gasteiger partial charge in [0, 0.05) is 37.0 Å². The second-order valence-corrected chi connectivity index (χ2v) is 7.07. The van der Waals surface area contributed by atoms with Gasteiger partial charge >= 0.3 is 0 Å². The lowest BCUT2D eigenvalue weighted by atomic mass is 10.2. The molecule has 158 valence electrons. The van der Waals surface area contributed by atoms with Crippen LogP contribution in [-0.2, 0) is 17.9 Å². The summed E-state index contributed by atoms with van der Waals surface area (Å²) in [4.78, 5) is 16.6. The van der Waals surface area contributed by atoms with Gasteiger partial charge in [0.05, 0.1) is 12.3 Å². The monoisotopic (exact) mass is 408 g/mol. The molecule has 0 saturated carbocycles. The van der Waals surface area contributed by atoms with Crippen LogP contribution < -0.4 is 14.8 Å². The van der Waals surface area contributed by atoms with Crippen molar-refractivity contribution < 1.29 is 14.3 Å². The summed E-state index contributed by atoms with van der Waals surface area (Å²) in [5.41, 5.74) is 2.81. The zero-order valence-corrected chi connectivity index (χ0v) is 17.7. The molecule has 0 spiro atoms. The zero-order chi connectivity index (χ0) is 21.3. The van der Waals surface area contributed by atoms with Crippen molar-refractivity contribution in [3.63, 3.8) is 0 Å². The Morgan fingerprint density at radius 3 is 2.60 bits per heavy atom. The highest BCUT2D eigenvalue weighted by molar-refractivity contribution is 5.75. The van der Waals surface area contributed by atoms with Crippen LogP contribution >= 0.6 is 0 Å². The van der Waals surface area contributed by atoms with E-state index in [4.69, 9.17) is 9.47 Å². The van der Waals surface area contributed by atoms with E-state index in [0.717, 1.165) is 29.1 Å². The highest BCUT2D eigenvalue weighted by Gasteiger charge is 2.10. The Bertz CT molecular complexity index is 967. The van der Waals surface area contributed by atoms with E-state index < -0.39 is 0 Å². The first-order chi connectivity index (χ1) is 14.5. The van der Waals surface area contributed by atoms with Crippen LogP contribution in [0.25, 0.3) is 0 Å². The number of hydrogen-bond acceptors (Lipinski definition) is 5. The maximum absolute atomic E-state index is 12.3. The van der Waals surface area contributed by atoms with Gasteiger partial charge in [-0.15, -0.1) is 0 Å². The second kappa shape index (κ2) is 10.4. The molecular formula is C23H28N4O3. The normalized spacial score (nSPS) is 10.6. The number of aryl methyl sites for hydroxylation is 3. The van der Waals surface area contributed by atoms with Crippen LogP contribution in [0.3, 0.4) is 0 Å². The highest BCUT2D eigenvalue weighted by atomic mass is 16.5.